The Morgan fingerprint density at radius 3 is 2.77 bits per heavy atom. The third-order valence-corrected chi connectivity index (χ3v) is 5.50. The first-order valence-corrected chi connectivity index (χ1v) is 10.6. The quantitative estimate of drug-likeness (QED) is 0.435. The van der Waals surface area contributed by atoms with Gasteiger partial charge in [0.05, 0.1) is 18.1 Å². The highest BCUT2D eigenvalue weighted by Gasteiger charge is 2.19. The Labute approximate surface area is 182 Å². The Bertz CT molecular complexity index is 976. The highest BCUT2D eigenvalue weighted by molar-refractivity contribution is 5.67. The first-order chi connectivity index (χ1) is 15.2. The lowest BCUT2D eigenvalue weighted by atomic mass is 10.00. The second-order valence-electron chi connectivity index (χ2n) is 7.81. The van der Waals surface area contributed by atoms with Crippen molar-refractivity contribution in [3.63, 3.8) is 0 Å². The summed E-state index contributed by atoms with van der Waals surface area (Å²) < 4.78 is 5.91. The molecule has 1 aliphatic rings. The molecule has 3 N–H and O–H groups in total. The van der Waals surface area contributed by atoms with E-state index in [2.05, 4.69) is 44.5 Å². The molecule has 162 valence electrons. The second-order valence-corrected chi connectivity index (χ2v) is 7.81. The standard InChI is InChI=1S/C24H28N4O3/c29-16-21(31-24-8-4-3-7-22(24)23-13-26-17-27-23)12-25-11-20(30)15-28-10-9-18-5-1-2-6-19(18)14-28/h1-8,13,16-17,20-21,25,30H,9-12,14-15H2,(H,26,27). The zero-order chi connectivity index (χ0) is 21.5. The van der Waals surface area contributed by atoms with Gasteiger partial charge in [0.15, 0.2) is 12.4 Å². The van der Waals surface area contributed by atoms with Gasteiger partial charge in [-0.15, -0.1) is 0 Å². The van der Waals surface area contributed by atoms with Gasteiger partial charge in [-0.05, 0) is 29.7 Å². The van der Waals surface area contributed by atoms with Crippen LogP contribution < -0.4 is 10.1 Å². The molecular weight excluding hydrogens is 392 g/mol. The molecule has 0 spiro atoms. The summed E-state index contributed by atoms with van der Waals surface area (Å²) in [5, 5.41) is 13.6. The summed E-state index contributed by atoms with van der Waals surface area (Å²) in [6, 6.07) is 16.0. The topological polar surface area (TPSA) is 90.5 Å². The number of H-pyrrole nitrogens is 1. The van der Waals surface area contributed by atoms with Crippen LogP contribution >= 0.6 is 0 Å². The number of aromatic amines is 1. The summed E-state index contributed by atoms with van der Waals surface area (Å²) in [7, 11) is 0. The summed E-state index contributed by atoms with van der Waals surface area (Å²) in [6.07, 6.45) is 4.00. The van der Waals surface area contributed by atoms with E-state index in [4.69, 9.17) is 4.74 Å². The molecule has 0 amide bonds. The summed E-state index contributed by atoms with van der Waals surface area (Å²) in [6.45, 7) is 3.11. The molecule has 0 radical (unpaired) electrons. The van der Waals surface area contributed by atoms with E-state index < -0.39 is 12.2 Å². The minimum atomic E-state index is -0.658. The fourth-order valence-electron chi connectivity index (χ4n) is 3.93. The number of fused-ring (bicyclic) bond motifs is 1. The third kappa shape index (κ3) is 5.58. The fourth-order valence-corrected chi connectivity index (χ4v) is 3.93. The number of hydrogen-bond acceptors (Lipinski definition) is 6. The smallest absolute Gasteiger partial charge is 0.166 e. The van der Waals surface area contributed by atoms with E-state index in [1.807, 2.05) is 24.3 Å². The molecule has 2 heterocycles. The van der Waals surface area contributed by atoms with Crippen LogP contribution in [0.15, 0.2) is 61.1 Å². The number of para-hydroxylation sites is 1. The minimum absolute atomic E-state index is 0.318. The summed E-state index contributed by atoms with van der Waals surface area (Å²) in [4.78, 5) is 21.0. The number of aromatic nitrogens is 2. The van der Waals surface area contributed by atoms with Crippen LogP contribution in [0.1, 0.15) is 11.1 Å². The van der Waals surface area contributed by atoms with Crippen LogP contribution in [0.3, 0.4) is 0 Å². The molecule has 0 bridgehead atoms. The van der Waals surface area contributed by atoms with E-state index in [9.17, 15) is 9.90 Å². The molecule has 7 heteroatoms. The molecule has 0 aliphatic carbocycles. The first kappa shape index (κ1) is 21.2. The van der Waals surface area contributed by atoms with E-state index in [1.54, 1.807) is 12.5 Å². The molecule has 2 unspecified atom stereocenters. The lowest BCUT2D eigenvalue weighted by Gasteiger charge is -2.30. The Kier molecular flexibility index (Phi) is 7.09. The van der Waals surface area contributed by atoms with Crippen LogP contribution in [0.25, 0.3) is 11.3 Å². The van der Waals surface area contributed by atoms with Gasteiger partial charge in [0.1, 0.15) is 5.75 Å². The van der Waals surface area contributed by atoms with E-state index >= 15 is 0 Å². The fraction of sp³-hybridized carbons (Fsp3) is 0.333. The van der Waals surface area contributed by atoms with Gasteiger partial charge in [-0.3, -0.25) is 9.69 Å². The predicted octanol–water partition coefficient (Wildman–Crippen LogP) is 2.03. The molecule has 0 saturated heterocycles. The number of imidazole rings is 1. The Balaban J connectivity index is 1.25. The lowest BCUT2D eigenvalue weighted by molar-refractivity contribution is -0.113. The van der Waals surface area contributed by atoms with Crippen molar-refractivity contribution in [3.8, 4) is 17.0 Å². The Hall–Kier alpha value is -3.00. The van der Waals surface area contributed by atoms with Crippen LogP contribution in [0, 0.1) is 0 Å². The van der Waals surface area contributed by atoms with Crippen LogP contribution in [-0.4, -0.2) is 64.6 Å². The molecule has 1 aliphatic heterocycles. The van der Waals surface area contributed by atoms with Gasteiger partial charge in [0, 0.05) is 44.5 Å². The molecule has 4 rings (SSSR count). The van der Waals surface area contributed by atoms with Gasteiger partial charge in [0.25, 0.3) is 0 Å². The molecule has 1 aromatic heterocycles. The third-order valence-electron chi connectivity index (χ3n) is 5.50. The number of nitrogens with zero attached hydrogens (tertiary/aromatic N) is 2. The van der Waals surface area contributed by atoms with E-state index in [1.165, 1.54) is 11.1 Å². The van der Waals surface area contributed by atoms with Crippen molar-refractivity contribution in [3.05, 3.63) is 72.2 Å². The zero-order valence-corrected chi connectivity index (χ0v) is 17.4. The maximum Gasteiger partial charge on any atom is 0.166 e. The van der Waals surface area contributed by atoms with Crippen LogP contribution in [0.4, 0.5) is 0 Å². The van der Waals surface area contributed by atoms with Gasteiger partial charge < -0.3 is 20.1 Å². The number of carbonyl (C=O) groups is 1. The number of aliphatic hydroxyl groups excluding tert-OH is 1. The van der Waals surface area contributed by atoms with Crippen molar-refractivity contribution < 1.29 is 14.6 Å². The average Bonchev–Trinajstić information content (AvgIpc) is 3.33. The Morgan fingerprint density at radius 2 is 1.97 bits per heavy atom. The summed E-state index contributed by atoms with van der Waals surface area (Å²) >= 11 is 0. The van der Waals surface area contributed by atoms with Crippen molar-refractivity contribution >= 4 is 6.29 Å². The normalized spacial score (nSPS) is 15.8. The number of hydrogen-bond donors (Lipinski definition) is 3. The minimum Gasteiger partial charge on any atom is -0.481 e. The van der Waals surface area contributed by atoms with Crippen molar-refractivity contribution in [1.29, 1.82) is 0 Å². The van der Waals surface area contributed by atoms with Crippen LogP contribution in [0.2, 0.25) is 0 Å². The molecule has 3 aromatic rings. The van der Waals surface area contributed by atoms with Crippen molar-refractivity contribution in [2.75, 3.05) is 26.2 Å². The number of aliphatic hydroxyl groups is 1. The van der Waals surface area contributed by atoms with Crippen molar-refractivity contribution in [2.45, 2.75) is 25.2 Å². The van der Waals surface area contributed by atoms with Gasteiger partial charge in [-0.2, -0.15) is 0 Å². The van der Waals surface area contributed by atoms with Gasteiger partial charge >= 0.3 is 0 Å². The molecular formula is C24H28N4O3. The number of rotatable bonds is 10. The zero-order valence-electron chi connectivity index (χ0n) is 17.4. The Morgan fingerprint density at radius 1 is 1.16 bits per heavy atom. The maximum atomic E-state index is 11.6. The summed E-state index contributed by atoms with van der Waals surface area (Å²) in [5.41, 5.74) is 4.30. The number of ether oxygens (including phenoxy) is 1. The second kappa shape index (κ2) is 10.3. The van der Waals surface area contributed by atoms with Crippen LogP contribution in [-0.2, 0) is 17.8 Å². The predicted molar refractivity (Wildman–Crippen MR) is 119 cm³/mol. The first-order valence-electron chi connectivity index (χ1n) is 10.6. The van der Waals surface area contributed by atoms with Gasteiger partial charge in [-0.25, -0.2) is 4.98 Å². The highest BCUT2D eigenvalue weighted by atomic mass is 16.5. The number of β-amino-alcohol motifs (C(OH)–C–C–N with tert-alkyl or cyclic N) is 1. The average molecular weight is 421 g/mol. The SMILES string of the molecule is O=CC(CNCC(O)CN1CCc2ccccc2C1)Oc1ccccc1-c1c[nH]cn1. The van der Waals surface area contributed by atoms with Gasteiger partial charge in [0.2, 0.25) is 0 Å². The number of carbonyl (C=O) groups excluding carboxylic acids is 1. The lowest BCUT2D eigenvalue weighted by Crippen LogP contribution is -2.43. The van der Waals surface area contributed by atoms with E-state index in [0.717, 1.165) is 37.1 Å². The number of nitrogens with one attached hydrogen (secondary N) is 2. The van der Waals surface area contributed by atoms with Crippen molar-refractivity contribution in [2.24, 2.45) is 0 Å². The number of aldehydes is 1. The van der Waals surface area contributed by atoms with Gasteiger partial charge in [-0.1, -0.05) is 36.4 Å². The molecule has 2 atom stereocenters. The molecule has 7 nitrogen and oxygen atoms in total. The van der Waals surface area contributed by atoms with Crippen LogP contribution in [0.5, 0.6) is 5.75 Å². The van der Waals surface area contributed by atoms with E-state index in [-0.39, 0.29) is 0 Å². The highest BCUT2D eigenvalue weighted by Crippen LogP contribution is 2.28. The monoisotopic (exact) mass is 420 g/mol. The van der Waals surface area contributed by atoms with E-state index in [0.29, 0.717) is 25.4 Å². The maximum absolute atomic E-state index is 11.6. The molecule has 31 heavy (non-hydrogen) atoms. The summed E-state index contributed by atoms with van der Waals surface area (Å²) in [5.74, 6) is 0.598. The number of benzene rings is 2. The molecule has 0 saturated carbocycles. The largest absolute Gasteiger partial charge is 0.481 e. The molecule has 2 aromatic carbocycles. The molecule has 0 fully saturated rings. The van der Waals surface area contributed by atoms with Crippen molar-refractivity contribution in [1.82, 2.24) is 20.2 Å².